The second-order valence-electron chi connectivity index (χ2n) is 9.54. The molecule has 1 aromatic rings. The molecule has 4 rings (SSSR count). The van der Waals surface area contributed by atoms with E-state index >= 15 is 0 Å². The van der Waals surface area contributed by atoms with E-state index in [1.807, 2.05) is 13.1 Å². The van der Waals surface area contributed by atoms with Gasteiger partial charge in [0.2, 0.25) is 15.9 Å². The minimum Gasteiger partial charge on any atom is -0.478 e. The van der Waals surface area contributed by atoms with Gasteiger partial charge in [-0.3, -0.25) is 0 Å². The van der Waals surface area contributed by atoms with Gasteiger partial charge in [-0.1, -0.05) is 0 Å². The number of hydrogen-bond donors (Lipinski definition) is 2. The first kappa shape index (κ1) is 24.9. The van der Waals surface area contributed by atoms with E-state index in [9.17, 15) is 8.42 Å². The van der Waals surface area contributed by atoms with Crippen LogP contribution in [0.4, 0.5) is 0 Å². The Morgan fingerprint density at radius 3 is 2.76 bits per heavy atom. The average Bonchev–Trinajstić information content (AvgIpc) is 3.36. The summed E-state index contributed by atoms with van der Waals surface area (Å²) >= 11 is 0. The molecule has 3 fully saturated rings. The first-order valence-corrected chi connectivity index (χ1v) is 14.0. The van der Waals surface area contributed by atoms with Crippen LogP contribution in [0.3, 0.4) is 0 Å². The lowest BCUT2D eigenvalue weighted by molar-refractivity contribution is 0.00501. The molecule has 2 saturated heterocycles. The van der Waals surface area contributed by atoms with Gasteiger partial charge in [-0.25, -0.2) is 18.1 Å². The molecule has 186 valence electrons. The van der Waals surface area contributed by atoms with Crippen molar-refractivity contribution in [1.82, 2.24) is 15.0 Å². The second-order valence-corrected chi connectivity index (χ2v) is 11.5. The molecule has 2 aliphatic heterocycles. The van der Waals surface area contributed by atoms with E-state index in [1.54, 1.807) is 0 Å². The zero-order valence-corrected chi connectivity index (χ0v) is 20.7. The molecule has 3 atom stereocenters. The monoisotopic (exact) mass is 481 g/mol. The van der Waals surface area contributed by atoms with E-state index in [0.717, 1.165) is 50.9 Å². The third-order valence-electron chi connectivity index (χ3n) is 7.27. The fourth-order valence-electron chi connectivity index (χ4n) is 5.38. The van der Waals surface area contributed by atoms with Crippen molar-refractivity contribution in [2.75, 3.05) is 33.0 Å². The summed E-state index contributed by atoms with van der Waals surface area (Å²) < 4.78 is 45.9. The SMILES string of the molecule is CCOc1nccc(C)c1[C@H]1CC[C@@H](OC[C@@H]2NCCC[C@@H]2NS(=O)(=O)[C@H]2CCOC2)CC1. The first-order chi connectivity index (χ1) is 16.0. The number of sulfonamides is 1. The van der Waals surface area contributed by atoms with E-state index in [2.05, 4.69) is 28.0 Å². The Morgan fingerprint density at radius 1 is 1.21 bits per heavy atom. The molecule has 0 amide bonds. The Labute approximate surface area is 198 Å². The quantitative estimate of drug-likeness (QED) is 0.559. The van der Waals surface area contributed by atoms with Crippen molar-refractivity contribution in [2.45, 2.75) is 88.1 Å². The zero-order chi connectivity index (χ0) is 23.3. The van der Waals surface area contributed by atoms with Crippen LogP contribution in [-0.4, -0.2) is 69.8 Å². The third-order valence-corrected chi connectivity index (χ3v) is 9.15. The Hall–Kier alpha value is -1.26. The van der Waals surface area contributed by atoms with E-state index in [4.69, 9.17) is 14.2 Å². The van der Waals surface area contributed by atoms with Crippen molar-refractivity contribution >= 4 is 10.0 Å². The molecule has 0 unspecified atom stereocenters. The summed E-state index contributed by atoms with van der Waals surface area (Å²) in [5.41, 5.74) is 2.49. The van der Waals surface area contributed by atoms with Crippen LogP contribution in [0.5, 0.6) is 5.88 Å². The predicted molar refractivity (Wildman–Crippen MR) is 127 cm³/mol. The summed E-state index contributed by atoms with van der Waals surface area (Å²) in [5, 5.41) is 3.04. The molecule has 9 heteroatoms. The molecular formula is C24H39N3O5S. The lowest BCUT2D eigenvalue weighted by Gasteiger charge is -2.36. The minimum absolute atomic E-state index is 0.00121. The summed E-state index contributed by atoms with van der Waals surface area (Å²) in [4.78, 5) is 4.46. The van der Waals surface area contributed by atoms with E-state index in [0.29, 0.717) is 38.8 Å². The van der Waals surface area contributed by atoms with Gasteiger partial charge >= 0.3 is 0 Å². The van der Waals surface area contributed by atoms with Crippen molar-refractivity contribution in [3.63, 3.8) is 0 Å². The molecule has 3 aliphatic rings. The highest BCUT2D eigenvalue weighted by Crippen LogP contribution is 2.39. The van der Waals surface area contributed by atoms with Crippen molar-refractivity contribution < 1.29 is 22.6 Å². The lowest BCUT2D eigenvalue weighted by atomic mass is 9.81. The van der Waals surface area contributed by atoms with Gasteiger partial charge in [-0.05, 0) is 82.9 Å². The van der Waals surface area contributed by atoms with Gasteiger partial charge in [-0.2, -0.15) is 0 Å². The molecule has 8 nitrogen and oxygen atoms in total. The second kappa shape index (κ2) is 11.4. The number of pyridine rings is 1. The summed E-state index contributed by atoms with van der Waals surface area (Å²) in [6.07, 6.45) is 8.48. The molecule has 0 radical (unpaired) electrons. The van der Waals surface area contributed by atoms with E-state index < -0.39 is 15.3 Å². The third kappa shape index (κ3) is 6.25. The molecule has 2 N–H and O–H groups in total. The number of piperidine rings is 1. The number of aromatic nitrogens is 1. The molecule has 33 heavy (non-hydrogen) atoms. The first-order valence-electron chi connectivity index (χ1n) is 12.5. The maximum absolute atomic E-state index is 12.7. The number of ether oxygens (including phenoxy) is 3. The van der Waals surface area contributed by atoms with Crippen LogP contribution >= 0.6 is 0 Å². The number of hydrogen-bond acceptors (Lipinski definition) is 7. The number of aryl methyl sites for hydroxylation is 1. The standard InChI is InChI=1S/C24H39N3O5S/c1-3-31-24-23(17(2)10-13-26-24)18-6-8-19(9-7-18)32-16-22-21(5-4-12-25-22)27-33(28,29)20-11-14-30-15-20/h10,13,18-22,25,27H,3-9,11-12,14-16H2,1-2H3/t18-,19+,20-,21-,22-/m0/s1. The number of nitrogens with zero attached hydrogens (tertiary/aromatic N) is 1. The predicted octanol–water partition coefficient (Wildman–Crippen LogP) is 2.66. The molecule has 1 aliphatic carbocycles. The highest BCUT2D eigenvalue weighted by molar-refractivity contribution is 7.90. The molecule has 0 spiro atoms. The fourth-order valence-corrected chi connectivity index (χ4v) is 6.96. The van der Waals surface area contributed by atoms with Gasteiger partial charge in [0.1, 0.15) is 5.25 Å². The van der Waals surface area contributed by atoms with E-state index in [1.165, 1.54) is 11.1 Å². The van der Waals surface area contributed by atoms with Crippen molar-refractivity contribution in [1.29, 1.82) is 0 Å². The molecule has 1 aromatic heterocycles. The molecule has 1 saturated carbocycles. The van der Waals surface area contributed by atoms with E-state index in [-0.39, 0.29) is 18.2 Å². The van der Waals surface area contributed by atoms with Gasteiger partial charge in [0.05, 0.1) is 25.9 Å². The van der Waals surface area contributed by atoms with Crippen LogP contribution in [0, 0.1) is 6.92 Å². The molecule has 0 bridgehead atoms. The largest absolute Gasteiger partial charge is 0.478 e. The van der Waals surface area contributed by atoms with Gasteiger partial charge in [0.25, 0.3) is 0 Å². The van der Waals surface area contributed by atoms with Crippen molar-refractivity contribution in [2.24, 2.45) is 0 Å². The fraction of sp³-hybridized carbons (Fsp3) is 0.792. The molecule has 0 aromatic carbocycles. The average molecular weight is 482 g/mol. The Balaban J connectivity index is 1.29. The van der Waals surface area contributed by atoms with Crippen LogP contribution in [0.2, 0.25) is 0 Å². The smallest absolute Gasteiger partial charge is 0.217 e. The van der Waals surface area contributed by atoms with Crippen LogP contribution < -0.4 is 14.8 Å². The van der Waals surface area contributed by atoms with Crippen LogP contribution in [-0.2, 0) is 19.5 Å². The maximum atomic E-state index is 12.7. The van der Waals surface area contributed by atoms with Gasteiger partial charge < -0.3 is 19.5 Å². The maximum Gasteiger partial charge on any atom is 0.217 e. The van der Waals surface area contributed by atoms with Crippen molar-refractivity contribution in [3.8, 4) is 5.88 Å². The number of nitrogens with one attached hydrogen (secondary N) is 2. The van der Waals surface area contributed by atoms with Gasteiger partial charge in [0, 0.05) is 30.5 Å². The highest BCUT2D eigenvalue weighted by Gasteiger charge is 2.35. The van der Waals surface area contributed by atoms with Crippen LogP contribution in [0.15, 0.2) is 12.3 Å². The lowest BCUT2D eigenvalue weighted by Crippen LogP contribution is -2.57. The summed E-state index contributed by atoms with van der Waals surface area (Å²) in [6.45, 7) is 6.99. The zero-order valence-electron chi connectivity index (χ0n) is 19.9. The van der Waals surface area contributed by atoms with Gasteiger partial charge in [0.15, 0.2) is 0 Å². The topological polar surface area (TPSA) is 98.8 Å². The Bertz CT molecular complexity index is 867. The molecule has 3 heterocycles. The summed E-state index contributed by atoms with van der Waals surface area (Å²) in [5.74, 6) is 1.22. The normalized spacial score (nSPS) is 30.9. The Morgan fingerprint density at radius 2 is 2.03 bits per heavy atom. The summed E-state index contributed by atoms with van der Waals surface area (Å²) in [7, 11) is -3.37. The van der Waals surface area contributed by atoms with Crippen LogP contribution in [0.25, 0.3) is 0 Å². The summed E-state index contributed by atoms with van der Waals surface area (Å²) in [6, 6.07) is 1.93. The molecular weight excluding hydrogens is 442 g/mol. The van der Waals surface area contributed by atoms with Gasteiger partial charge in [-0.15, -0.1) is 0 Å². The Kier molecular flexibility index (Phi) is 8.62. The highest BCUT2D eigenvalue weighted by atomic mass is 32.2. The minimum atomic E-state index is -3.37. The number of rotatable bonds is 9. The van der Waals surface area contributed by atoms with Crippen molar-refractivity contribution in [3.05, 3.63) is 23.4 Å². The van der Waals surface area contributed by atoms with Crippen LogP contribution in [0.1, 0.15) is 68.9 Å².